The molecular weight excluding hydrogens is 448 g/mol. The van der Waals surface area contributed by atoms with Crippen molar-refractivity contribution in [3.8, 4) is 40.2 Å². The molecule has 4 aromatic rings. The van der Waals surface area contributed by atoms with E-state index in [0.29, 0.717) is 22.4 Å². The van der Waals surface area contributed by atoms with Gasteiger partial charge in [-0.1, -0.05) is 24.3 Å². The summed E-state index contributed by atoms with van der Waals surface area (Å²) in [7, 11) is 0. The first-order valence-corrected chi connectivity index (χ1v) is 11.2. The summed E-state index contributed by atoms with van der Waals surface area (Å²) >= 11 is 0. The molecule has 2 aliphatic rings. The first-order chi connectivity index (χ1) is 16.8. The highest BCUT2D eigenvalue weighted by molar-refractivity contribution is 5.63. The number of phenols is 6. The summed E-state index contributed by atoms with van der Waals surface area (Å²) in [5, 5.41) is 61.6. The molecule has 1 aliphatic carbocycles. The van der Waals surface area contributed by atoms with Crippen LogP contribution in [0.15, 0.2) is 72.8 Å². The van der Waals surface area contributed by atoms with Gasteiger partial charge in [0.25, 0.3) is 0 Å². The van der Waals surface area contributed by atoms with Crippen LogP contribution in [0.4, 0.5) is 0 Å². The summed E-state index contributed by atoms with van der Waals surface area (Å²) in [6, 6.07) is 19.0. The number of aromatic hydroxyl groups is 6. The Bertz CT molecular complexity index is 1460. The van der Waals surface area contributed by atoms with Crippen LogP contribution in [0.1, 0.15) is 51.7 Å². The Hall–Kier alpha value is -4.52. The molecule has 0 amide bonds. The van der Waals surface area contributed by atoms with Crippen molar-refractivity contribution >= 4 is 0 Å². The van der Waals surface area contributed by atoms with E-state index in [4.69, 9.17) is 4.74 Å². The molecule has 7 nitrogen and oxygen atoms in total. The Morgan fingerprint density at radius 1 is 0.514 bits per heavy atom. The van der Waals surface area contributed by atoms with E-state index in [1.807, 2.05) is 0 Å². The number of ether oxygens (including phenoxy) is 1. The molecule has 0 aromatic heterocycles. The quantitative estimate of drug-likeness (QED) is 0.226. The average molecular weight is 470 g/mol. The lowest BCUT2D eigenvalue weighted by molar-refractivity contribution is 0.135. The molecule has 1 heterocycles. The third-order valence-corrected chi connectivity index (χ3v) is 7.11. The molecule has 0 saturated carbocycles. The van der Waals surface area contributed by atoms with Gasteiger partial charge in [-0.25, -0.2) is 0 Å². The molecule has 0 radical (unpaired) electrons. The highest BCUT2D eigenvalue weighted by atomic mass is 16.5. The average Bonchev–Trinajstić information content (AvgIpc) is 3.16. The fourth-order valence-corrected chi connectivity index (χ4v) is 5.72. The van der Waals surface area contributed by atoms with Crippen LogP contribution in [0, 0.1) is 0 Å². The molecule has 0 unspecified atom stereocenters. The standard InChI is InChI=1S/C28H22O7/c29-15-4-1-13(2-5-15)28-27-19-10-17(31)11-22(34)25(19)24(14-3-8-20(32)21(33)9-14)26(27)18-7-6-16(30)12-23(18)35-28/h1-12,24,26-34H/t24-,26+,27+,28-/m0/s1. The lowest BCUT2D eigenvalue weighted by atomic mass is 9.73. The zero-order valence-corrected chi connectivity index (χ0v) is 18.3. The highest BCUT2D eigenvalue weighted by Crippen LogP contribution is 2.65. The Morgan fingerprint density at radius 2 is 1.23 bits per heavy atom. The summed E-state index contributed by atoms with van der Waals surface area (Å²) in [6.45, 7) is 0. The normalized spacial score (nSPS) is 22.1. The van der Waals surface area contributed by atoms with E-state index in [2.05, 4.69) is 0 Å². The van der Waals surface area contributed by atoms with E-state index in [1.165, 1.54) is 18.2 Å². The zero-order chi connectivity index (χ0) is 24.4. The second kappa shape index (κ2) is 7.50. The van der Waals surface area contributed by atoms with Crippen molar-refractivity contribution in [1.29, 1.82) is 0 Å². The summed E-state index contributed by atoms with van der Waals surface area (Å²) in [5.41, 5.74) is 3.53. The van der Waals surface area contributed by atoms with Crippen molar-refractivity contribution in [3.63, 3.8) is 0 Å². The Labute approximate surface area is 200 Å². The number of phenolic OH excluding ortho intramolecular Hbond substituents is 6. The summed E-state index contributed by atoms with van der Waals surface area (Å²) in [5.74, 6) is -1.18. The topological polar surface area (TPSA) is 131 Å². The molecule has 1 aliphatic heterocycles. The van der Waals surface area contributed by atoms with Gasteiger partial charge in [0.05, 0.1) is 0 Å². The molecular formula is C28H22O7. The third-order valence-electron chi connectivity index (χ3n) is 7.11. The van der Waals surface area contributed by atoms with Gasteiger partial charge < -0.3 is 35.4 Å². The van der Waals surface area contributed by atoms with Crippen LogP contribution in [-0.2, 0) is 0 Å². The van der Waals surface area contributed by atoms with Crippen molar-refractivity contribution in [1.82, 2.24) is 0 Å². The minimum atomic E-state index is -0.564. The van der Waals surface area contributed by atoms with Crippen molar-refractivity contribution < 1.29 is 35.4 Å². The van der Waals surface area contributed by atoms with E-state index in [1.54, 1.807) is 54.6 Å². The number of hydrogen-bond donors (Lipinski definition) is 6. The monoisotopic (exact) mass is 470 g/mol. The van der Waals surface area contributed by atoms with E-state index in [9.17, 15) is 30.6 Å². The van der Waals surface area contributed by atoms with Gasteiger partial charge in [0.1, 0.15) is 34.9 Å². The highest BCUT2D eigenvalue weighted by Gasteiger charge is 2.52. The third kappa shape index (κ3) is 3.19. The van der Waals surface area contributed by atoms with E-state index < -0.39 is 12.0 Å². The fourth-order valence-electron chi connectivity index (χ4n) is 5.72. The summed E-state index contributed by atoms with van der Waals surface area (Å²) in [6.07, 6.45) is -0.564. The molecule has 176 valence electrons. The van der Waals surface area contributed by atoms with Gasteiger partial charge in [-0.05, 0) is 58.7 Å². The largest absolute Gasteiger partial charge is 0.508 e. The van der Waals surface area contributed by atoms with Gasteiger partial charge in [0.2, 0.25) is 0 Å². The number of benzene rings is 4. The molecule has 6 rings (SSSR count). The number of hydrogen-bond acceptors (Lipinski definition) is 7. The van der Waals surface area contributed by atoms with Crippen LogP contribution in [-0.4, -0.2) is 30.6 Å². The SMILES string of the molecule is Oc1ccc([C@@H]2Oc3cc(O)ccc3[C@@H]3[C@@H](c4ccc(O)c(O)c4)c4c(O)cc(O)cc4[C@H]32)cc1. The molecule has 4 atom stereocenters. The Morgan fingerprint density at radius 3 is 1.97 bits per heavy atom. The van der Waals surface area contributed by atoms with Gasteiger partial charge in [-0.15, -0.1) is 0 Å². The molecule has 0 bridgehead atoms. The molecule has 7 heteroatoms. The maximum absolute atomic E-state index is 11.0. The van der Waals surface area contributed by atoms with Crippen LogP contribution in [0.25, 0.3) is 0 Å². The molecule has 0 spiro atoms. The van der Waals surface area contributed by atoms with Crippen molar-refractivity contribution in [2.45, 2.75) is 23.9 Å². The smallest absolute Gasteiger partial charge is 0.157 e. The first kappa shape index (κ1) is 21.0. The van der Waals surface area contributed by atoms with E-state index in [-0.39, 0.29) is 46.3 Å². The van der Waals surface area contributed by atoms with Crippen LogP contribution in [0.5, 0.6) is 40.2 Å². The minimum Gasteiger partial charge on any atom is -0.508 e. The lowest BCUT2D eigenvalue weighted by Crippen LogP contribution is -2.27. The van der Waals surface area contributed by atoms with Gasteiger partial charge in [0.15, 0.2) is 11.5 Å². The minimum absolute atomic E-state index is 0.0430. The zero-order valence-electron chi connectivity index (χ0n) is 18.3. The fraction of sp³-hybridized carbons (Fsp3) is 0.143. The predicted molar refractivity (Wildman–Crippen MR) is 126 cm³/mol. The van der Waals surface area contributed by atoms with Crippen molar-refractivity contribution in [3.05, 3.63) is 101 Å². The van der Waals surface area contributed by atoms with Crippen molar-refractivity contribution in [2.24, 2.45) is 0 Å². The van der Waals surface area contributed by atoms with Gasteiger partial charge in [-0.3, -0.25) is 0 Å². The molecule has 0 saturated heterocycles. The van der Waals surface area contributed by atoms with Crippen molar-refractivity contribution in [2.75, 3.05) is 0 Å². The first-order valence-electron chi connectivity index (χ1n) is 11.2. The van der Waals surface area contributed by atoms with Crippen LogP contribution in [0.3, 0.4) is 0 Å². The van der Waals surface area contributed by atoms with Crippen LogP contribution < -0.4 is 4.74 Å². The summed E-state index contributed by atoms with van der Waals surface area (Å²) in [4.78, 5) is 0. The van der Waals surface area contributed by atoms with Crippen LogP contribution >= 0.6 is 0 Å². The second-order valence-electron chi connectivity index (χ2n) is 9.10. The number of rotatable bonds is 2. The van der Waals surface area contributed by atoms with Gasteiger partial charge >= 0.3 is 0 Å². The number of fused-ring (bicyclic) bond motifs is 5. The Kier molecular flexibility index (Phi) is 4.51. The molecule has 4 aromatic carbocycles. The van der Waals surface area contributed by atoms with E-state index >= 15 is 0 Å². The van der Waals surface area contributed by atoms with Gasteiger partial charge in [-0.2, -0.15) is 0 Å². The molecule has 6 N–H and O–H groups in total. The predicted octanol–water partition coefficient (Wildman–Crippen LogP) is 5.07. The van der Waals surface area contributed by atoms with Gasteiger partial charge in [0, 0.05) is 35.4 Å². The second-order valence-corrected chi connectivity index (χ2v) is 9.10. The molecule has 35 heavy (non-hydrogen) atoms. The lowest BCUT2D eigenvalue weighted by Gasteiger charge is -2.39. The maximum atomic E-state index is 11.0. The Balaban J connectivity index is 1.65. The maximum Gasteiger partial charge on any atom is 0.157 e. The summed E-state index contributed by atoms with van der Waals surface area (Å²) < 4.78 is 6.42. The van der Waals surface area contributed by atoms with Crippen LogP contribution in [0.2, 0.25) is 0 Å². The van der Waals surface area contributed by atoms with E-state index in [0.717, 1.165) is 11.1 Å². The molecule has 0 fully saturated rings.